The summed E-state index contributed by atoms with van der Waals surface area (Å²) in [5, 5.41) is 10.7. The highest BCUT2D eigenvalue weighted by atomic mass is 127. The molecule has 0 saturated carbocycles. The van der Waals surface area contributed by atoms with Crippen molar-refractivity contribution in [1.29, 1.82) is 0 Å². The lowest BCUT2D eigenvalue weighted by Crippen LogP contribution is -2.39. The topological polar surface area (TPSA) is 72.7 Å². The number of ether oxygens (including phenoxy) is 2. The van der Waals surface area contributed by atoms with Crippen molar-refractivity contribution in [3.05, 3.63) is 18.5 Å². The first kappa shape index (κ1) is 20.2. The molecule has 0 aromatic carbocycles. The van der Waals surface area contributed by atoms with Crippen LogP contribution in [-0.2, 0) is 16.0 Å². The van der Waals surface area contributed by atoms with E-state index in [1.54, 1.807) is 6.20 Å². The van der Waals surface area contributed by atoms with Gasteiger partial charge in [-0.2, -0.15) is 5.10 Å². The molecular weight excluding hydrogens is 409 g/mol. The van der Waals surface area contributed by atoms with Crippen molar-refractivity contribution in [2.75, 3.05) is 39.5 Å². The van der Waals surface area contributed by atoms with Crippen molar-refractivity contribution >= 4 is 29.9 Å². The lowest BCUT2D eigenvalue weighted by atomic mass is 10.3. The third-order valence-electron chi connectivity index (χ3n) is 3.35. The van der Waals surface area contributed by atoms with Crippen LogP contribution in [0.2, 0.25) is 0 Å². The Morgan fingerprint density at radius 3 is 3.09 bits per heavy atom. The molecule has 8 heteroatoms. The Balaban J connectivity index is 0.00000264. The van der Waals surface area contributed by atoms with Crippen LogP contribution < -0.4 is 10.6 Å². The second-order valence-corrected chi connectivity index (χ2v) is 5.17. The van der Waals surface area contributed by atoms with E-state index in [-0.39, 0.29) is 30.1 Å². The molecule has 1 aromatic heterocycles. The van der Waals surface area contributed by atoms with E-state index in [2.05, 4.69) is 27.6 Å². The van der Waals surface area contributed by atoms with Crippen molar-refractivity contribution in [2.45, 2.75) is 32.4 Å². The van der Waals surface area contributed by atoms with Crippen molar-refractivity contribution in [3.63, 3.8) is 0 Å². The Kier molecular flexibility index (Phi) is 11.0. The van der Waals surface area contributed by atoms with Gasteiger partial charge >= 0.3 is 0 Å². The van der Waals surface area contributed by atoms with Crippen molar-refractivity contribution in [3.8, 4) is 0 Å². The molecule has 1 saturated heterocycles. The maximum absolute atomic E-state index is 5.73. The summed E-state index contributed by atoms with van der Waals surface area (Å²) < 4.78 is 12.9. The summed E-state index contributed by atoms with van der Waals surface area (Å²) >= 11 is 0. The molecule has 1 aliphatic rings. The van der Waals surface area contributed by atoms with Crippen LogP contribution in [0, 0.1) is 0 Å². The average molecular weight is 437 g/mol. The fourth-order valence-electron chi connectivity index (χ4n) is 2.21. The van der Waals surface area contributed by atoms with E-state index in [1.165, 1.54) is 0 Å². The predicted molar refractivity (Wildman–Crippen MR) is 101 cm³/mol. The van der Waals surface area contributed by atoms with Gasteiger partial charge in [-0.25, -0.2) is 0 Å². The molecule has 1 aromatic rings. The van der Waals surface area contributed by atoms with Gasteiger partial charge in [0, 0.05) is 45.2 Å². The molecule has 23 heavy (non-hydrogen) atoms. The molecule has 2 rings (SSSR count). The highest BCUT2D eigenvalue weighted by Crippen LogP contribution is 2.07. The Labute approximate surface area is 155 Å². The van der Waals surface area contributed by atoms with E-state index in [0.717, 1.165) is 64.8 Å². The van der Waals surface area contributed by atoms with Gasteiger partial charge in [0.15, 0.2) is 5.96 Å². The van der Waals surface area contributed by atoms with Gasteiger partial charge in [0.05, 0.1) is 19.3 Å². The number of nitrogens with zero attached hydrogens (tertiary/aromatic N) is 3. The zero-order valence-corrected chi connectivity index (χ0v) is 16.1. The number of hydrogen-bond acceptors (Lipinski definition) is 4. The van der Waals surface area contributed by atoms with Gasteiger partial charge < -0.3 is 20.1 Å². The van der Waals surface area contributed by atoms with Crippen LogP contribution in [0.5, 0.6) is 0 Å². The third kappa shape index (κ3) is 8.52. The lowest BCUT2D eigenvalue weighted by molar-refractivity contribution is 0.0424. The van der Waals surface area contributed by atoms with Gasteiger partial charge in [-0.1, -0.05) is 0 Å². The van der Waals surface area contributed by atoms with Gasteiger partial charge in [0.2, 0.25) is 0 Å². The highest BCUT2D eigenvalue weighted by Gasteiger charge is 2.15. The molecule has 0 radical (unpaired) electrons. The van der Waals surface area contributed by atoms with Crippen molar-refractivity contribution in [1.82, 2.24) is 20.4 Å². The Hall–Kier alpha value is -0.870. The summed E-state index contributed by atoms with van der Waals surface area (Å²) in [7, 11) is 0. The summed E-state index contributed by atoms with van der Waals surface area (Å²) in [6.07, 6.45) is 5.96. The molecule has 1 fully saturated rings. The first-order valence-electron chi connectivity index (χ1n) is 8.07. The molecule has 1 unspecified atom stereocenters. The molecule has 0 bridgehead atoms. The van der Waals surface area contributed by atoms with Gasteiger partial charge in [-0.3, -0.25) is 9.67 Å². The van der Waals surface area contributed by atoms with Gasteiger partial charge in [-0.15, -0.1) is 24.0 Å². The number of halogens is 1. The number of aromatic nitrogens is 2. The second kappa shape index (κ2) is 12.5. The van der Waals surface area contributed by atoms with Crippen molar-refractivity contribution in [2.24, 2.45) is 4.99 Å². The number of nitrogens with one attached hydrogen (secondary N) is 2. The maximum atomic E-state index is 5.73. The predicted octanol–water partition coefficient (Wildman–Crippen LogP) is 1.25. The second-order valence-electron chi connectivity index (χ2n) is 5.17. The zero-order valence-electron chi connectivity index (χ0n) is 13.7. The van der Waals surface area contributed by atoms with Crippen LogP contribution in [0.1, 0.15) is 19.8 Å². The fourth-order valence-corrected chi connectivity index (χ4v) is 2.21. The van der Waals surface area contributed by atoms with Crippen LogP contribution in [0.4, 0.5) is 0 Å². The molecule has 1 atom stereocenters. The lowest BCUT2D eigenvalue weighted by Gasteiger charge is -2.12. The third-order valence-corrected chi connectivity index (χ3v) is 3.35. The smallest absolute Gasteiger partial charge is 0.191 e. The van der Waals surface area contributed by atoms with Crippen LogP contribution in [0.25, 0.3) is 0 Å². The minimum Gasteiger partial charge on any atom is -0.379 e. The Bertz CT molecular complexity index is 422. The maximum Gasteiger partial charge on any atom is 0.191 e. The van der Waals surface area contributed by atoms with Gasteiger partial charge in [-0.05, 0) is 25.8 Å². The number of hydrogen-bond donors (Lipinski definition) is 2. The number of aliphatic imine (C=N–C) groups is 1. The quantitative estimate of drug-likeness (QED) is 0.263. The summed E-state index contributed by atoms with van der Waals surface area (Å²) in [6, 6.07) is 1.93. The van der Waals surface area contributed by atoms with Crippen molar-refractivity contribution < 1.29 is 9.47 Å². The van der Waals surface area contributed by atoms with E-state index in [1.807, 2.05) is 16.9 Å². The largest absolute Gasteiger partial charge is 0.379 e. The normalized spacial score (nSPS) is 17.8. The minimum absolute atomic E-state index is 0. The molecule has 0 aliphatic carbocycles. The first-order valence-corrected chi connectivity index (χ1v) is 8.07. The first-order chi connectivity index (χ1) is 10.9. The van der Waals surface area contributed by atoms with E-state index in [9.17, 15) is 0 Å². The molecule has 2 N–H and O–H groups in total. The summed E-state index contributed by atoms with van der Waals surface area (Å²) in [5.74, 6) is 0.846. The van der Waals surface area contributed by atoms with E-state index in [0.29, 0.717) is 0 Å². The molecular formula is C15H28IN5O2. The molecule has 0 amide bonds. The summed E-state index contributed by atoms with van der Waals surface area (Å²) in [4.78, 5) is 4.55. The van der Waals surface area contributed by atoms with E-state index in [4.69, 9.17) is 9.47 Å². The zero-order chi connectivity index (χ0) is 15.5. The minimum atomic E-state index is 0. The average Bonchev–Trinajstić information content (AvgIpc) is 3.20. The molecule has 2 heterocycles. The number of rotatable bonds is 9. The summed E-state index contributed by atoms with van der Waals surface area (Å²) in [6.45, 7) is 7.59. The van der Waals surface area contributed by atoms with E-state index >= 15 is 0 Å². The van der Waals surface area contributed by atoms with E-state index < -0.39 is 0 Å². The Morgan fingerprint density at radius 2 is 2.39 bits per heavy atom. The number of guanidine groups is 1. The summed E-state index contributed by atoms with van der Waals surface area (Å²) in [5.41, 5.74) is 0. The van der Waals surface area contributed by atoms with Crippen LogP contribution >= 0.6 is 24.0 Å². The SMILES string of the molecule is CCNC(=NCCCOC1CCOC1)NCCn1cccn1.I. The van der Waals surface area contributed by atoms with Crippen LogP contribution in [-0.4, -0.2) is 61.3 Å². The monoisotopic (exact) mass is 437 g/mol. The van der Waals surface area contributed by atoms with Crippen LogP contribution in [0.3, 0.4) is 0 Å². The molecule has 7 nitrogen and oxygen atoms in total. The van der Waals surface area contributed by atoms with Crippen LogP contribution in [0.15, 0.2) is 23.5 Å². The standard InChI is InChI=1S/C15H27N5O2.HI/c1-2-16-15(18-8-10-20-9-3-7-19-20)17-6-4-11-22-14-5-12-21-13-14;/h3,7,9,14H,2,4-6,8,10-13H2,1H3,(H2,16,17,18);1H. The molecule has 0 spiro atoms. The fraction of sp³-hybridized carbons (Fsp3) is 0.733. The molecule has 1 aliphatic heterocycles. The van der Waals surface area contributed by atoms with Gasteiger partial charge in [0.25, 0.3) is 0 Å². The highest BCUT2D eigenvalue weighted by molar-refractivity contribution is 14.0. The molecule has 132 valence electrons. The van der Waals surface area contributed by atoms with Gasteiger partial charge in [0.1, 0.15) is 0 Å². The Morgan fingerprint density at radius 1 is 1.48 bits per heavy atom.